The van der Waals surface area contributed by atoms with Crippen LogP contribution < -0.4 is 11.5 Å². The molecule has 11 heavy (non-hydrogen) atoms. The van der Waals surface area contributed by atoms with Gasteiger partial charge in [-0.05, 0) is 12.0 Å². The first kappa shape index (κ1) is 10.4. The molecule has 1 unspecified atom stereocenters. The second-order valence-electron chi connectivity index (χ2n) is 3.32. The summed E-state index contributed by atoms with van der Waals surface area (Å²) in [5.74, 6) is -1.42. The first-order chi connectivity index (χ1) is 4.95. The second-order valence-corrected chi connectivity index (χ2v) is 3.32. The quantitative estimate of drug-likeness (QED) is 0.523. The van der Waals surface area contributed by atoms with Crippen LogP contribution in [0.1, 0.15) is 13.8 Å². The van der Waals surface area contributed by atoms with E-state index in [1.54, 1.807) is 13.8 Å². The van der Waals surface area contributed by atoms with Crippen molar-refractivity contribution >= 4 is 5.97 Å². The summed E-state index contributed by atoms with van der Waals surface area (Å²) in [6.45, 7) is 4.08. The van der Waals surface area contributed by atoms with Gasteiger partial charge in [0.2, 0.25) is 0 Å². The van der Waals surface area contributed by atoms with Gasteiger partial charge in [-0.3, -0.25) is 4.79 Å². The van der Waals surface area contributed by atoms with Crippen molar-refractivity contribution in [3.63, 3.8) is 0 Å². The van der Waals surface area contributed by atoms with Gasteiger partial charge in [0.1, 0.15) is 0 Å². The largest absolute Gasteiger partial charge is 0.481 e. The van der Waals surface area contributed by atoms with Crippen LogP contribution in [-0.4, -0.2) is 24.2 Å². The summed E-state index contributed by atoms with van der Waals surface area (Å²) in [5.41, 5.74) is 10.3. The van der Waals surface area contributed by atoms with Crippen molar-refractivity contribution in [3.05, 3.63) is 0 Å². The van der Waals surface area contributed by atoms with E-state index in [1.807, 2.05) is 0 Å². The Balaban J connectivity index is 4.36. The molecular formula is C7H16N2O2. The summed E-state index contributed by atoms with van der Waals surface area (Å²) in [6.07, 6.45) is 0. The average molecular weight is 160 g/mol. The second kappa shape index (κ2) is 3.69. The van der Waals surface area contributed by atoms with Crippen LogP contribution in [0, 0.1) is 11.3 Å². The van der Waals surface area contributed by atoms with E-state index in [0.29, 0.717) is 6.54 Å². The maximum Gasteiger partial charge on any atom is 0.308 e. The molecule has 0 aliphatic heterocycles. The molecule has 0 radical (unpaired) electrons. The van der Waals surface area contributed by atoms with Gasteiger partial charge in [0.25, 0.3) is 0 Å². The van der Waals surface area contributed by atoms with Crippen LogP contribution in [0.3, 0.4) is 0 Å². The molecule has 0 rings (SSSR count). The van der Waals surface area contributed by atoms with Crippen molar-refractivity contribution in [3.8, 4) is 0 Å². The Labute approximate surface area is 66.6 Å². The molecule has 0 bridgehead atoms. The van der Waals surface area contributed by atoms with Crippen molar-refractivity contribution < 1.29 is 9.90 Å². The van der Waals surface area contributed by atoms with E-state index in [4.69, 9.17) is 16.6 Å². The number of rotatable bonds is 4. The number of carbonyl (C=O) groups is 1. The molecule has 0 saturated heterocycles. The van der Waals surface area contributed by atoms with Crippen LogP contribution in [0.5, 0.6) is 0 Å². The highest BCUT2D eigenvalue weighted by molar-refractivity contribution is 5.71. The summed E-state index contributed by atoms with van der Waals surface area (Å²) in [6, 6.07) is 0. The molecule has 0 heterocycles. The molecular weight excluding hydrogens is 144 g/mol. The summed E-state index contributed by atoms with van der Waals surface area (Å²) in [4.78, 5) is 10.6. The van der Waals surface area contributed by atoms with Crippen molar-refractivity contribution in [1.29, 1.82) is 0 Å². The highest BCUT2D eigenvalue weighted by atomic mass is 16.4. The van der Waals surface area contributed by atoms with Crippen molar-refractivity contribution in [2.45, 2.75) is 13.8 Å². The van der Waals surface area contributed by atoms with Crippen molar-refractivity contribution in [2.75, 3.05) is 13.1 Å². The van der Waals surface area contributed by atoms with Gasteiger partial charge < -0.3 is 16.6 Å². The van der Waals surface area contributed by atoms with E-state index in [2.05, 4.69) is 0 Å². The molecule has 0 amide bonds. The number of hydrogen-bond acceptors (Lipinski definition) is 3. The Kier molecular flexibility index (Phi) is 3.48. The minimum atomic E-state index is -0.872. The number of hydrogen-bond donors (Lipinski definition) is 3. The molecule has 0 aliphatic rings. The van der Waals surface area contributed by atoms with Gasteiger partial charge in [0.15, 0.2) is 0 Å². The third-order valence-electron chi connectivity index (χ3n) is 2.00. The topological polar surface area (TPSA) is 89.3 Å². The van der Waals surface area contributed by atoms with Gasteiger partial charge >= 0.3 is 5.97 Å². The standard InChI is InChI=1S/C7H16N2O2/c1-7(2,4-9)5(3-8)6(10)11/h5H,3-4,8-9H2,1-2H3,(H,10,11). The fourth-order valence-corrected chi connectivity index (χ4v) is 0.896. The number of carboxylic acids is 1. The maximum atomic E-state index is 10.6. The van der Waals surface area contributed by atoms with Crippen molar-refractivity contribution in [2.24, 2.45) is 22.8 Å². The van der Waals surface area contributed by atoms with Gasteiger partial charge in [-0.2, -0.15) is 0 Å². The summed E-state index contributed by atoms with van der Waals surface area (Å²) in [7, 11) is 0. The fraction of sp³-hybridized carbons (Fsp3) is 0.857. The molecule has 0 aliphatic carbocycles. The van der Waals surface area contributed by atoms with E-state index >= 15 is 0 Å². The van der Waals surface area contributed by atoms with Crippen molar-refractivity contribution in [1.82, 2.24) is 0 Å². The lowest BCUT2D eigenvalue weighted by molar-refractivity contribution is -0.145. The first-order valence-corrected chi connectivity index (χ1v) is 3.58. The lowest BCUT2D eigenvalue weighted by Gasteiger charge is -2.28. The highest BCUT2D eigenvalue weighted by Gasteiger charge is 2.32. The number of carboxylic acid groups (broad SMARTS) is 1. The molecule has 0 aromatic rings. The smallest absolute Gasteiger partial charge is 0.308 e. The van der Waals surface area contributed by atoms with Crippen LogP contribution in [0.2, 0.25) is 0 Å². The minimum absolute atomic E-state index is 0.138. The average Bonchev–Trinajstić information content (AvgIpc) is 1.88. The Morgan fingerprint density at radius 1 is 1.55 bits per heavy atom. The molecule has 4 heteroatoms. The van der Waals surface area contributed by atoms with Crippen LogP contribution in [-0.2, 0) is 4.79 Å². The lowest BCUT2D eigenvalue weighted by Crippen LogP contribution is -2.41. The normalized spacial score (nSPS) is 14.5. The SMILES string of the molecule is CC(C)(CN)C(CN)C(=O)O. The minimum Gasteiger partial charge on any atom is -0.481 e. The van der Waals surface area contributed by atoms with E-state index in [9.17, 15) is 4.79 Å². The zero-order valence-corrected chi connectivity index (χ0v) is 7.00. The van der Waals surface area contributed by atoms with E-state index in [-0.39, 0.29) is 6.54 Å². The third kappa shape index (κ3) is 2.48. The van der Waals surface area contributed by atoms with Crippen LogP contribution in [0.4, 0.5) is 0 Å². The molecule has 66 valence electrons. The van der Waals surface area contributed by atoms with Crippen LogP contribution in [0.15, 0.2) is 0 Å². The molecule has 0 spiro atoms. The van der Waals surface area contributed by atoms with E-state index in [1.165, 1.54) is 0 Å². The molecule has 0 fully saturated rings. The summed E-state index contributed by atoms with van der Waals surface area (Å²) in [5, 5.41) is 8.70. The summed E-state index contributed by atoms with van der Waals surface area (Å²) >= 11 is 0. The predicted octanol–water partition coefficient (Wildman–Crippen LogP) is -0.369. The van der Waals surface area contributed by atoms with Gasteiger partial charge in [-0.25, -0.2) is 0 Å². The summed E-state index contributed by atoms with van der Waals surface area (Å²) < 4.78 is 0. The Morgan fingerprint density at radius 3 is 2.09 bits per heavy atom. The van der Waals surface area contributed by atoms with Crippen LogP contribution in [0.25, 0.3) is 0 Å². The van der Waals surface area contributed by atoms with E-state index in [0.717, 1.165) is 0 Å². The Bertz CT molecular complexity index is 145. The van der Waals surface area contributed by atoms with Gasteiger partial charge in [0.05, 0.1) is 5.92 Å². The van der Waals surface area contributed by atoms with Gasteiger partial charge in [-0.1, -0.05) is 13.8 Å². The lowest BCUT2D eigenvalue weighted by atomic mass is 9.79. The Hall–Kier alpha value is -0.610. The molecule has 0 saturated carbocycles. The molecule has 0 aromatic heterocycles. The number of nitrogens with two attached hydrogens (primary N) is 2. The van der Waals surface area contributed by atoms with Gasteiger partial charge in [-0.15, -0.1) is 0 Å². The predicted molar refractivity (Wildman–Crippen MR) is 43.0 cm³/mol. The monoisotopic (exact) mass is 160 g/mol. The number of aliphatic carboxylic acids is 1. The molecule has 1 atom stereocenters. The third-order valence-corrected chi connectivity index (χ3v) is 2.00. The van der Waals surface area contributed by atoms with Crippen LogP contribution >= 0.6 is 0 Å². The van der Waals surface area contributed by atoms with E-state index < -0.39 is 17.3 Å². The molecule has 0 aromatic carbocycles. The zero-order valence-electron chi connectivity index (χ0n) is 7.00. The zero-order chi connectivity index (χ0) is 9.07. The highest BCUT2D eigenvalue weighted by Crippen LogP contribution is 2.24. The first-order valence-electron chi connectivity index (χ1n) is 3.58. The fourth-order valence-electron chi connectivity index (χ4n) is 0.896. The Morgan fingerprint density at radius 2 is 2.00 bits per heavy atom. The maximum absolute atomic E-state index is 10.6. The molecule has 5 N–H and O–H groups in total. The molecule has 4 nitrogen and oxygen atoms in total. The van der Waals surface area contributed by atoms with Gasteiger partial charge in [0, 0.05) is 6.54 Å².